The number of rotatable bonds is 2. The van der Waals surface area contributed by atoms with Crippen molar-refractivity contribution in [3.05, 3.63) is 11.8 Å². The minimum absolute atomic E-state index is 0.0306. The third kappa shape index (κ3) is 2.43. The van der Waals surface area contributed by atoms with E-state index in [2.05, 4.69) is 0 Å². The van der Waals surface area contributed by atoms with E-state index in [1.165, 1.54) is 5.57 Å². The Morgan fingerprint density at radius 1 is 1.50 bits per heavy atom. The smallest absolute Gasteiger partial charge is 0.0876 e. The van der Waals surface area contributed by atoms with Crippen molar-refractivity contribution in [3.63, 3.8) is 0 Å². The maximum absolute atomic E-state index is 6.14. The zero-order valence-electron chi connectivity index (χ0n) is 8.28. The first-order chi connectivity index (χ1) is 6.88. The second-order valence-electron chi connectivity index (χ2n) is 3.68. The molecule has 2 rings (SSSR count). The number of nitrogens with two attached hydrogens (primary N) is 1. The molecule has 0 aliphatic carbocycles. The zero-order valence-corrected chi connectivity index (χ0v) is 9.09. The van der Waals surface area contributed by atoms with E-state index >= 15 is 0 Å². The van der Waals surface area contributed by atoms with Crippen LogP contribution in [-0.4, -0.2) is 36.9 Å². The van der Waals surface area contributed by atoms with E-state index < -0.39 is 0 Å². The molecule has 2 unspecified atom stereocenters. The fourth-order valence-electron chi connectivity index (χ4n) is 1.78. The summed E-state index contributed by atoms with van der Waals surface area (Å²) < 4.78 is 10.9. The van der Waals surface area contributed by atoms with Crippen molar-refractivity contribution in [1.29, 1.82) is 0 Å². The summed E-state index contributed by atoms with van der Waals surface area (Å²) in [7, 11) is 0. The standard InChI is InChI=1S/C10H17NO2S/c11-10(8-2-1-3-12-6-8)9-7-14-5-4-13-9/h6,9-10H,1-5,7,11H2. The third-order valence-electron chi connectivity index (χ3n) is 2.63. The van der Waals surface area contributed by atoms with Crippen molar-refractivity contribution in [2.24, 2.45) is 5.73 Å². The summed E-state index contributed by atoms with van der Waals surface area (Å²) in [6.07, 6.45) is 4.16. The van der Waals surface area contributed by atoms with Gasteiger partial charge in [0, 0.05) is 11.5 Å². The van der Waals surface area contributed by atoms with Gasteiger partial charge in [-0.05, 0) is 18.4 Å². The van der Waals surface area contributed by atoms with Gasteiger partial charge >= 0.3 is 0 Å². The zero-order chi connectivity index (χ0) is 9.80. The Hall–Kier alpha value is -0.190. The molecule has 0 radical (unpaired) electrons. The fourth-order valence-corrected chi connectivity index (χ4v) is 2.70. The van der Waals surface area contributed by atoms with Crippen LogP contribution < -0.4 is 5.73 Å². The van der Waals surface area contributed by atoms with Crippen molar-refractivity contribution in [1.82, 2.24) is 0 Å². The van der Waals surface area contributed by atoms with Crippen LogP contribution in [0.2, 0.25) is 0 Å². The van der Waals surface area contributed by atoms with Crippen LogP contribution >= 0.6 is 11.8 Å². The fraction of sp³-hybridized carbons (Fsp3) is 0.800. The molecule has 0 bridgehead atoms. The van der Waals surface area contributed by atoms with Gasteiger partial charge in [-0.2, -0.15) is 11.8 Å². The molecule has 80 valence electrons. The maximum atomic E-state index is 6.14. The molecule has 0 aromatic rings. The average Bonchev–Trinajstić information content (AvgIpc) is 2.30. The Kier molecular flexibility index (Phi) is 3.73. The van der Waals surface area contributed by atoms with Crippen molar-refractivity contribution < 1.29 is 9.47 Å². The molecule has 1 fully saturated rings. The van der Waals surface area contributed by atoms with Gasteiger partial charge in [-0.1, -0.05) is 0 Å². The molecule has 1 saturated heterocycles. The first-order valence-corrected chi connectivity index (χ1v) is 6.29. The van der Waals surface area contributed by atoms with Gasteiger partial charge in [-0.3, -0.25) is 0 Å². The van der Waals surface area contributed by atoms with E-state index in [1.807, 2.05) is 18.0 Å². The molecule has 2 aliphatic heterocycles. The summed E-state index contributed by atoms with van der Waals surface area (Å²) in [5, 5.41) is 0. The number of hydrogen-bond acceptors (Lipinski definition) is 4. The van der Waals surface area contributed by atoms with Crippen LogP contribution in [0.3, 0.4) is 0 Å². The molecule has 2 heterocycles. The second-order valence-corrected chi connectivity index (χ2v) is 4.83. The first kappa shape index (κ1) is 10.3. The van der Waals surface area contributed by atoms with Crippen LogP contribution in [-0.2, 0) is 9.47 Å². The summed E-state index contributed by atoms with van der Waals surface area (Å²) in [6, 6.07) is 0.0306. The topological polar surface area (TPSA) is 44.5 Å². The van der Waals surface area contributed by atoms with Crippen molar-refractivity contribution in [2.45, 2.75) is 25.0 Å². The van der Waals surface area contributed by atoms with Crippen molar-refractivity contribution in [3.8, 4) is 0 Å². The molecule has 14 heavy (non-hydrogen) atoms. The average molecular weight is 215 g/mol. The van der Waals surface area contributed by atoms with E-state index in [1.54, 1.807) is 0 Å². The lowest BCUT2D eigenvalue weighted by Crippen LogP contribution is -2.43. The van der Waals surface area contributed by atoms with Gasteiger partial charge < -0.3 is 15.2 Å². The number of thioether (sulfide) groups is 1. The largest absolute Gasteiger partial charge is 0.501 e. The highest BCUT2D eigenvalue weighted by Gasteiger charge is 2.25. The Morgan fingerprint density at radius 3 is 3.07 bits per heavy atom. The Labute approximate surface area is 89.0 Å². The van der Waals surface area contributed by atoms with E-state index in [4.69, 9.17) is 15.2 Å². The molecule has 0 aromatic carbocycles. The van der Waals surface area contributed by atoms with Gasteiger partial charge in [-0.25, -0.2) is 0 Å². The summed E-state index contributed by atoms with van der Waals surface area (Å²) in [4.78, 5) is 0. The molecule has 0 amide bonds. The molecule has 2 aliphatic rings. The van der Waals surface area contributed by atoms with Gasteiger partial charge in [0.25, 0.3) is 0 Å². The molecule has 0 saturated carbocycles. The molecule has 0 aromatic heterocycles. The Bertz CT molecular complexity index is 214. The van der Waals surface area contributed by atoms with Gasteiger partial charge in [0.05, 0.1) is 31.6 Å². The van der Waals surface area contributed by atoms with Gasteiger partial charge in [0.15, 0.2) is 0 Å². The van der Waals surface area contributed by atoms with Gasteiger partial charge in [-0.15, -0.1) is 0 Å². The minimum atomic E-state index is 0.0306. The van der Waals surface area contributed by atoms with Crippen LogP contribution in [0.4, 0.5) is 0 Å². The van der Waals surface area contributed by atoms with Crippen molar-refractivity contribution in [2.75, 3.05) is 24.7 Å². The van der Waals surface area contributed by atoms with Crippen molar-refractivity contribution >= 4 is 11.8 Å². The quantitative estimate of drug-likeness (QED) is 0.750. The van der Waals surface area contributed by atoms with Crippen LogP contribution in [0.15, 0.2) is 11.8 Å². The summed E-state index contributed by atoms with van der Waals surface area (Å²) in [6.45, 7) is 1.66. The van der Waals surface area contributed by atoms with E-state index in [0.29, 0.717) is 0 Å². The highest BCUT2D eigenvalue weighted by molar-refractivity contribution is 7.99. The monoisotopic (exact) mass is 215 g/mol. The lowest BCUT2D eigenvalue weighted by molar-refractivity contribution is 0.0617. The molecule has 2 N–H and O–H groups in total. The molecule has 2 atom stereocenters. The third-order valence-corrected chi connectivity index (χ3v) is 3.65. The molecule has 0 spiro atoms. The summed E-state index contributed by atoms with van der Waals surface area (Å²) in [5.74, 6) is 2.11. The Morgan fingerprint density at radius 2 is 2.43 bits per heavy atom. The molecule has 3 nitrogen and oxygen atoms in total. The Balaban J connectivity index is 1.91. The second kappa shape index (κ2) is 5.05. The lowest BCUT2D eigenvalue weighted by Gasteiger charge is -2.30. The van der Waals surface area contributed by atoms with E-state index in [9.17, 15) is 0 Å². The SMILES string of the molecule is NC(C1=COCCC1)C1CSCCO1. The molecular weight excluding hydrogens is 198 g/mol. The molecular formula is C10H17NO2S. The van der Waals surface area contributed by atoms with Crippen LogP contribution in [0, 0.1) is 0 Å². The predicted octanol–water partition coefficient (Wildman–Crippen LogP) is 1.14. The summed E-state index contributed by atoms with van der Waals surface area (Å²) in [5.41, 5.74) is 7.35. The van der Waals surface area contributed by atoms with Crippen LogP contribution in [0.1, 0.15) is 12.8 Å². The van der Waals surface area contributed by atoms with Gasteiger partial charge in [0.2, 0.25) is 0 Å². The molecule has 4 heteroatoms. The number of hydrogen-bond donors (Lipinski definition) is 1. The van der Waals surface area contributed by atoms with E-state index in [-0.39, 0.29) is 12.1 Å². The highest BCUT2D eigenvalue weighted by atomic mass is 32.2. The summed E-state index contributed by atoms with van der Waals surface area (Å²) >= 11 is 1.92. The van der Waals surface area contributed by atoms with Crippen LogP contribution in [0.25, 0.3) is 0 Å². The first-order valence-electron chi connectivity index (χ1n) is 5.13. The van der Waals surface area contributed by atoms with Gasteiger partial charge in [0.1, 0.15) is 0 Å². The lowest BCUT2D eigenvalue weighted by atomic mass is 9.99. The highest BCUT2D eigenvalue weighted by Crippen LogP contribution is 2.22. The maximum Gasteiger partial charge on any atom is 0.0876 e. The van der Waals surface area contributed by atoms with Crippen LogP contribution in [0.5, 0.6) is 0 Å². The normalized spacial score (nSPS) is 30.4. The predicted molar refractivity (Wildman–Crippen MR) is 58.3 cm³/mol. The number of ether oxygens (including phenoxy) is 2. The minimum Gasteiger partial charge on any atom is -0.501 e. The van der Waals surface area contributed by atoms with E-state index in [0.717, 1.165) is 37.6 Å².